The highest BCUT2D eigenvalue weighted by atomic mass is 15.4. The molecule has 4 fully saturated rings. The Kier molecular flexibility index (Phi) is 6.61. The van der Waals surface area contributed by atoms with Gasteiger partial charge in [0.25, 0.3) is 0 Å². The van der Waals surface area contributed by atoms with Crippen LogP contribution in [0.3, 0.4) is 0 Å². The van der Waals surface area contributed by atoms with Crippen LogP contribution in [-0.2, 0) is 0 Å². The van der Waals surface area contributed by atoms with Crippen molar-refractivity contribution in [3.05, 3.63) is 0 Å². The van der Waals surface area contributed by atoms with Gasteiger partial charge >= 0.3 is 0 Å². The number of piperazine rings is 2. The largest absolute Gasteiger partial charge is 0.298 e. The van der Waals surface area contributed by atoms with E-state index in [0.717, 1.165) is 6.04 Å². The molecule has 1 saturated carbocycles. The fourth-order valence-corrected chi connectivity index (χ4v) is 6.25. The summed E-state index contributed by atoms with van der Waals surface area (Å²) in [5.41, 5.74) is 1.35. The second-order valence-corrected chi connectivity index (χ2v) is 12.8. The summed E-state index contributed by atoms with van der Waals surface area (Å²) in [7, 11) is 0. The van der Waals surface area contributed by atoms with Gasteiger partial charge in [0.05, 0.1) is 6.67 Å². The lowest BCUT2D eigenvalue weighted by Crippen LogP contribution is -2.64. The van der Waals surface area contributed by atoms with Crippen molar-refractivity contribution in [2.24, 2.45) is 5.41 Å². The Morgan fingerprint density at radius 3 is 1.57 bits per heavy atom. The number of rotatable bonds is 3. The highest BCUT2D eigenvalue weighted by Crippen LogP contribution is 2.47. The Bertz CT molecular complexity index is 545. The van der Waals surface area contributed by atoms with E-state index >= 15 is 0 Å². The quantitative estimate of drug-likeness (QED) is 0.697. The third-order valence-corrected chi connectivity index (χ3v) is 8.66. The van der Waals surface area contributed by atoms with Gasteiger partial charge in [-0.25, -0.2) is 0 Å². The van der Waals surface area contributed by atoms with E-state index in [9.17, 15) is 0 Å². The molecule has 0 unspecified atom stereocenters. The van der Waals surface area contributed by atoms with Crippen LogP contribution < -0.4 is 0 Å². The molecular formula is C25H49N5. The van der Waals surface area contributed by atoms with Crippen molar-refractivity contribution in [2.45, 2.75) is 84.3 Å². The first-order valence-electron chi connectivity index (χ1n) is 12.7. The van der Waals surface area contributed by atoms with Crippen molar-refractivity contribution >= 4 is 0 Å². The van der Waals surface area contributed by atoms with Gasteiger partial charge in [0.1, 0.15) is 0 Å². The molecule has 0 bridgehead atoms. The predicted octanol–water partition coefficient (Wildman–Crippen LogP) is 3.02. The van der Waals surface area contributed by atoms with Crippen LogP contribution in [0.1, 0.15) is 67.2 Å². The maximum Gasteiger partial charge on any atom is 0.0508 e. The average Bonchev–Trinajstić information content (AvgIpc) is 2.66. The molecule has 0 aromatic rings. The maximum atomic E-state index is 2.83. The van der Waals surface area contributed by atoms with E-state index in [-0.39, 0.29) is 0 Å². The molecule has 30 heavy (non-hydrogen) atoms. The van der Waals surface area contributed by atoms with E-state index in [0.29, 0.717) is 16.5 Å². The minimum Gasteiger partial charge on any atom is -0.298 e. The van der Waals surface area contributed by atoms with Gasteiger partial charge in [0.2, 0.25) is 0 Å². The molecule has 3 aliphatic heterocycles. The maximum absolute atomic E-state index is 2.83. The van der Waals surface area contributed by atoms with Gasteiger partial charge in [0.15, 0.2) is 0 Å². The van der Waals surface area contributed by atoms with Crippen molar-refractivity contribution in [1.82, 2.24) is 24.5 Å². The van der Waals surface area contributed by atoms with E-state index in [1.807, 2.05) is 0 Å². The van der Waals surface area contributed by atoms with E-state index in [2.05, 4.69) is 66.0 Å². The topological polar surface area (TPSA) is 16.2 Å². The zero-order chi connectivity index (χ0) is 21.6. The summed E-state index contributed by atoms with van der Waals surface area (Å²) in [6, 6.07) is 0.858. The SMILES string of the molecule is CC(C)(C)N1CCN(CN2CCN(C3CCC4(CC3)CN(C(C)(C)C)C4)CC2)CC1. The van der Waals surface area contributed by atoms with Crippen molar-refractivity contribution in [1.29, 1.82) is 0 Å². The molecule has 5 nitrogen and oxygen atoms in total. The molecule has 3 heterocycles. The molecule has 1 aliphatic carbocycles. The monoisotopic (exact) mass is 419 g/mol. The minimum absolute atomic E-state index is 0.320. The van der Waals surface area contributed by atoms with Crippen molar-refractivity contribution in [3.63, 3.8) is 0 Å². The summed E-state index contributed by atoms with van der Waals surface area (Å²) in [6.45, 7) is 28.0. The Morgan fingerprint density at radius 1 is 0.633 bits per heavy atom. The normalized spacial score (nSPS) is 29.4. The fourth-order valence-electron chi connectivity index (χ4n) is 6.25. The van der Waals surface area contributed by atoms with Crippen LogP contribution in [0.2, 0.25) is 0 Å². The summed E-state index contributed by atoms with van der Waals surface area (Å²) in [6.07, 6.45) is 5.80. The molecule has 4 rings (SSSR count). The zero-order valence-electron chi connectivity index (χ0n) is 20.9. The van der Waals surface area contributed by atoms with E-state index in [1.54, 1.807) is 0 Å². The van der Waals surface area contributed by atoms with Gasteiger partial charge in [-0.1, -0.05) is 0 Å². The number of hydrogen-bond acceptors (Lipinski definition) is 5. The molecule has 1 spiro atoms. The van der Waals surface area contributed by atoms with Crippen LogP contribution in [-0.4, -0.2) is 114 Å². The Labute approximate surface area is 186 Å². The predicted molar refractivity (Wildman–Crippen MR) is 127 cm³/mol. The van der Waals surface area contributed by atoms with Crippen LogP contribution in [0, 0.1) is 5.41 Å². The molecule has 5 heteroatoms. The van der Waals surface area contributed by atoms with Gasteiger partial charge < -0.3 is 0 Å². The van der Waals surface area contributed by atoms with Gasteiger partial charge in [-0.2, -0.15) is 0 Å². The van der Waals surface area contributed by atoms with Crippen molar-refractivity contribution in [2.75, 3.05) is 72.1 Å². The first-order chi connectivity index (χ1) is 14.0. The Morgan fingerprint density at radius 2 is 1.10 bits per heavy atom. The van der Waals surface area contributed by atoms with E-state index in [4.69, 9.17) is 0 Å². The highest BCUT2D eigenvalue weighted by Gasteiger charge is 2.48. The zero-order valence-corrected chi connectivity index (χ0v) is 20.9. The van der Waals surface area contributed by atoms with Gasteiger partial charge in [0, 0.05) is 82.6 Å². The number of hydrogen-bond donors (Lipinski definition) is 0. The van der Waals surface area contributed by atoms with Crippen LogP contribution in [0.15, 0.2) is 0 Å². The highest BCUT2D eigenvalue weighted by molar-refractivity contribution is 5.02. The molecule has 0 N–H and O–H groups in total. The summed E-state index contributed by atoms with van der Waals surface area (Å²) >= 11 is 0. The summed E-state index contributed by atoms with van der Waals surface area (Å²) in [5.74, 6) is 0. The molecule has 0 aromatic carbocycles. The molecule has 4 aliphatic rings. The third-order valence-electron chi connectivity index (χ3n) is 8.66. The molecular weight excluding hydrogens is 370 g/mol. The molecule has 0 aromatic heterocycles. The van der Waals surface area contributed by atoms with Crippen molar-refractivity contribution < 1.29 is 0 Å². The molecule has 0 amide bonds. The fraction of sp³-hybridized carbons (Fsp3) is 1.00. The smallest absolute Gasteiger partial charge is 0.0508 e. The lowest BCUT2D eigenvalue weighted by Gasteiger charge is -2.59. The lowest BCUT2D eigenvalue weighted by atomic mass is 9.66. The van der Waals surface area contributed by atoms with Crippen molar-refractivity contribution in [3.8, 4) is 0 Å². The minimum atomic E-state index is 0.320. The van der Waals surface area contributed by atoms with Gasteiger partial charge in [-0.3, -0.25) is 24.5 Å². The first kappa shape index (κ1) is 23.0. The van der Waals surface area contributed by atoms with Crippen LogP contribution >= 0.6 is 0 Å². The van der Waals surface area contributed by atoms with Gasteiger partial charge in [-0.15, -0.1) is 0 Å². The average molecular weight is 420 g/mol. The molecule has 0 radical (unpaired) electrons. The summed E-state index contributed by atoms with van der Waals surface area (Å²) in [4.78, 5) is 13.6. The first-order valence-corrected chi connectivity index (χ1v) is 12.7. The molecule has 174 valence electrons. The lowest BCUT2D eigenvalue weighted by molar-refractivity contribution is -0.0912. The van der Waals surface area contributed by atoms with E-state index < -0.39 is 0 Å². The number of nitrogens with zero attached hydrogens (tertiary/aromatic N) is 5. The third kappa shape index (κ3) is 5.23. The second kappa shape index (κ2) is 8.62. The van der Waals surface area contributed by atoms with Crippen LogP contribution in [0.25, 0.3) is 0 Å². The second-order valence-electron chi connectivity index (χ2n) is 12.8. The summed E-state index contributed by atoms with van der Waals surface area (Å²) < 4.78 is 0. The standard InChI is InChI=1S/C25H49N5/c1-23(2,3)29-17-13-27(14-18-29)21-26-11-15-28(16-12-26)22-7-9-25(10-8-22)19-30(20-25)24(4,5)6/h22H,7-21H2,1-6H3. The Hall–Kier alpha value is -0.200. The van der Waals surface area contributed by atoms with Gasteiger partial charge in [-0.05, 0) is 72.6 Å². The van der Waals surface area contributed by atoms with Crippen LogP contribution in [0.5, 0.6) is 0 Å². The molecule has 0 atom stereocenters. The summed E-state index contributed by atoms with van der Waals surface area (Å²) in [5, 5.41) is 0. The van der Waals surface area contributed by atoms with Crippen LogP contribution in [0.4, 0.5) is 0 Å². The Balaban J connectivity index is 1.14. The number of likely N-dealkylation sites (tertiary alicyclic amines) is 1. The molecule has 3 saturated heterocycles. The van der Waals surface area contributed by atoms with E-state index in [1.165, 1.54) is 97.8 Å².